The Morgan fingerprint density at radius 1 is 1.13 bits per heavy atom. The van der Waals surface area contributed by atoms with E-state index in [1.165, 1.54) is 11.9 Å². The second-order valence-electron chi connectivity index (χ2n) is 5.39. The van der Waals surface area contributed by atoms with Crippen LogP contribution < -0.4 is 0 Å². The van der Waals surface area contributed by atoms with Crippen LogP contribution in [0, 0.1) is 6.92 Å². The van der Waals surface area contributed by atoms with Gasteiger partial charge in [-0.15, -0.1) is 5.10 Å². The Hall–Kier alpha value is -3.02. The smallest absolute Gasteiger partial charge is 0.253 e. The van der Waals surface area contributed by atoms with Gasteiger partial charge in [0.05, 0.1) is 5.69 Å². The number of hydrogen-bond donors (Lipinski definition) is 0. The van der Waals surface area contributed by atoms with E-state index in [0.717, 1.165) is 11.3 Å². The van der Waals surface area contributed by atoms with Crippen molar-refractivity contribution in [2.75, 3.05) is 7.05 Å². The van der Waals surface area contributed by atoms with Crippen molar-refractivity contribution in [3.63, 3.8) is 0 Å². The van der Waals surface area contributed by atoms with Crippen LogP contribution in [0.25, 0.3) is 5.69 Å². The minimum atomic E-state index is -0.0171. The Kier molecular flexibility index (Phi) is 4.14. The molecule has 0 bridgehead atoms. The standard InChI is InChI=1S/C17H17N5O/c1-13-5-3-4-6-15(13)11-21(2)17(23)14-7-9-16(10-8-14)22-12-18-19-20-22/h3-10,12H,11H2,1-2H3. The molecular weight excluding hydrogens is 290 g/mol. The maximum atomic E-state index is 12.5. The average molecular weight is 307 g/mol. The second-order valence-corrected chi connectivity index (χ2v) is 5.39. The maximum Gasteiger partial charge on any atom is 0.253 e. The number of benzene rings is 2. The number of amides is 1. The van der Waals surface area contributed by atoms with Gasteiger partial charge < -0.3 is 4.90 Å². The van der Waals surface area contributed by atoms with E-state index < -0.39 is 0 Å². The number of aryl methyl sites for hydroxylation is 1. The van der Waals surface area contributed by atoms with Crippen molar-refractivity contribution in [1.82, 2.24) is 25.1 Å². The molecule has 0 N–H and O–H groups in total. The molecule has 0 aliphatic carbocycles. The summed E-state index contributed by atoms with van der Waals surface area (Å²) in [6.45, 7) is 2.63. The van der Waals surface area contributed by atoms with E-state index in [2.05, 4.69) is 28.5 Å². The molecule has 0 saturated heterocycles. The van der Waals surface area contributed by atoms with Crippen LogP contribution in [-0.2, 0) is 6.54 Å². The lowest BCUT2D eigenvalue weighted by atomic mass is 10.1. The van der Waals surface area contributed by atoms with Crippen LogP contribution >= 0.6 is 0 Å². The fourth-order valence-electron chi connectivity index (χ4n) is 2.37. The third-order valence-electron chi connectivity index (χ3n) is 3.74. The summed E-state index contributed by atoms with van der Waals surface area (Å²) in [7, 11) is 1.81. The molecule has 1 aromatic heterocycles. The number of nitrogens with zero attached hydrogens (tertiary/aromatic N) is 5. The van der Waals surface area contributed by atoms with E-state index >= 15 is 0 Å². The Morgan fingerprint density at radius 3 is 2.52 bits per heavy atom. The van der Waals surface area contributed by atoms with Gasteiger partial charge in [-0.1, -0.05) is 24.3 Å². The fraction of sp³-hybridized carbons (Fsp3) is 0.176. The van der Waals surface area contributed by atoms with E-state index in [1.54, 1.807) is 21.7 Å². The highest BCUT2D eigenvalue weighted by Gasteiger charge is 2.13. The van der Waals surface area contributed by atoms with Gasteiger partial charge >= 0.3 is 0 Å². The van der Waals surface area contributed by atoms with E-state index in [0.29, 0.717) is 12.1 Å². The second kappa shape index (κ2) is 6.39. The van der Waals surface area contributed by atoms with Crippen molar-refractivity contribution in [3.05, 3.63) is 71.5 Å². The van der Waals surface area contributed by atoms with Gasteiger partial charge in [0.2, 0.25) is 0 Å². The highest BCUT2D eigenvalue weighted by Crippen LogP contribution is 2.13. The molecule has 0 spiro atoms. The zero-order chi connectivity index (χ0) is 16.2. The van der Waals surface area contributed by atoms with Crippen LogP contribution in [0.1, 0.15) is 21.5 Å². The molecule has 0 saturated carbocycles. The van der Waals surface area contributed by atoms with Gasteiger partial charge in [0, 0.05) is 19.2 Å². The first-order valence-corrected chi connectivity index (χ1v) is 7.28. The van der Waals surface area contributed by atoms with Crippen molar-refractivity contribution in [3.8, 4) is 5.69 Å². The molecular formula is C17H17N5O. The summed E-state index contributed by atoms with van der Waals surface area (Å²) in [5.41, 5.74) is 3.78. The number of rotatable bonds is 4. The van der Waals surface area contributed by atoms with E-state index in [4.69, 9.17) is 0 Å². The molecule has 6 nitrogen and oxygen atoms in total. The quantitative estimate of drug-likeness (QED) is 0.741. The molecule has 1 amide bonds. The maximum absolute atomic E-state index is 12.5. The molecule has 0 unspecified atom stereocenters. The lowest BCUT2D eigenvalue weighted by Gasteiger charge is -2.18. The SMILES string of the molecule is Cc1ccccc1CN(C)C(=O)c1ccc(-n2cnnn2)cc1. The predicted molar refractivity (Wildman–Crippen MR) is 86.1 cm³/mol. The molecule has 116 valence electrons. The predicted octanol–water partition coefficient (Wildman–Crippen LogP) is 2.24. The Labute approximate surface area is 134 Å². The Morgan fingerprint density at radius 2 is 1.87 bits per heavy atom. The molecule has 0 aliphatic heterocycles. The van der Waals surface area contributed by atoms with Gasteiger partial charge in [0.1, 0.15) is 6.33 Å². The molecule has 2 aromatic carbocycles. The average Bonchev–Trinajstić information content (AvgIpc) is 3.11. The van der Waals surface area contributed by atoms with Crippen LogP contribution in [0.2, 0.25) is 0 Å². The van der Waals surface area contributed by atoms with Crippen molar-refractivity contribution < 1.29 is 4.79 Å². The van der Waals surface area contributed by atoms with Gasteiger partial charge in [-0.05, 0) is 52.7 Å². The topological polar surface area (TPSA) is 63.9 Å². The molecule has 0 fully saturated rings. The monoisotopic (exact) mass is 307 g/mol. The molecule has 3 aromatic rings. The normalized spacial score (nSPS) is 10.5. The first kappa shape index (κ1) is 14.9. The third kappa shape index (κ3) is 3.26. The van der Waals surface area contributed by atoms with Crippen LogP contribution in [0.3, 0.4) is 0 Å². The zero-order valence-corrected chi connectivity index (χ0v) is 13.0. The number of carbonyl (C=O) groups excluding carboxylic acids is 1. The number of tetrazole rings is 1. The summed E-state index contributed by atoms with van der Waals surface area (Å²) < 4.78 is 1.55. The Balaban J connectivity index is 1.73. The summed E-state index contributed by atoms with van der Waals surface area (Å²) >= 11 is 0. The van der Waals surface area contributed by atoms with Crippen molar-refractivity contribution in [2.45, 2.75) is 13.5 Å². The fourth-order valence-corrected chi connectivity index (χ4v) is 2.37. The molecule has 0 atom stereocenters. The number of carbonyl (C=O) groups is 1. The van der Waals surface area contributed by atoms with Crippen LogP contribution in [0.15, 0.2) is 54.9 Å². The molecule has 23 heavy (non-hydrogen) atoms. The van der Waals surface area contributed by atoms with Crippen molar-refractivity contribution in [2.24, 2.45) is 0 Å². The molecule has 1 heterocycles. The molecule has 0 aliphatic rings. The van der Waals surface area contributed by atoms with Crippen molar-refractivity contribution in [1.29, 1.82) is 0 Å². The van der Waals surface area contributed by atoms with Gasteiger partial charge in [-0.2, -0.15) is 0 Å². The highest BCUT2D eigenvalue weighted by molar-refractivity contribution is 5.94. The minimum absolute atomic E-state index is 0.0171. The van der Waals surface area contributed by atoms with E-state index in [9.17, 15) is 4.79 Å². The summed E-state index contributed by atoms with van der Waals surface area (Å²) in [5, 5.41) is 11.0. The van der Waals surface area contributed by atoms with Gasteiger partial charge in [0.25, 0.3) is 5.91 Å². The number of hydrogen-bond acceptors (Lipinski definition) is 4. The summed E-state index contributed by atoms with van der Waals surface area (Å²) in [6.07, 6.45) is 1.52. The molecule has 0 radical (unpaired) electrons. The van der Waals surface area contributed by atoms with Crippen LogP contribution in [0.5, 0.6) is 0 Å². The zero-order valence-electron chi connectivity index (χ0n) is 13.0. The van der Waals surface area contributed by atoms with Crippen LogP contribution in [0.4, 0.5) is 0 Å². The van der Waals surface area contributed by atoms with Crippen LogP contribution in [-0.4, -0.2) is 38.1 Å². The first-order chi connectivity index (χ1) is 11.1. The minimum Gasteiger partial charge on any atom is -0.337 e. The lowest BCUT2D eigenvalue weighted by molar-refractivity contribution is 0.0785. The summed E-state index contributed by atoms with van der Waals surface area (Å²) in [5.74, 6) is -0.0171. The third-order valence-corrected chi connectivity index (χ3v) is 3.74. The summed E-state index contributed by atoms with van der Waals surface area (Å²) in [6, 6.07) is 15.3. The van der Waals surface area contributed by atoms with E-state index in [-0.39, 0.29) is 5.91 Å². The summed E-state index contributed by atoms with van der Waals surface area (Å²) in [4.78, 5) is 14.3. The highest BCUT2D eigenvalue weighted by atomic mass is 16.2. The molecule has 3 rings (SSSR count). The van der Waals surface area contributed by atoms with Gasteiger partial charge in [-0.3, -0.25) is 4.79 Å². The van der Waals surface area contributed by atoms with Gasteiger partial charge in [0.15, 0.2) is 0 Å². The van der Waals surface area contributed by atoms with E-state index in [1.807, 2.05) is 37.4 Å². The number of aromatic nitrogens is 4. The largest absolute Gasteiger partial charge is 0.337 e. The first-order valence-electron chi connectivity index (χ1n) is 7.28. The Bertz CT molecular complexity index is 796. The van der Waals surface area contributed by atoms with Gasteiger partial charge in [-0.25, -0.2) is 4.68 Å². The van der Waals surface area contributed by atoms with Crippen molar-refractivity contribution >= 4 is 5.91 Å². The molecule has 6 heteroatoms. The lowest BCUT2D eigenvalue weighted by Crippen LogP contribution is -2.26.